The minimum Gasteiger partial charge on any atom is -0.394 e. The van der Waals surface area contributed by atoms with Crippen LogP contribution in [0.1, 0.15) is 32.1 Å². The van der Waals surface area contributed by atoms with Gasteiger partial charge in [-0.05, 0) is 25.7 Å². The molecule has 0 aromatic heterocycles. The van der Waals surface area contributed by atoms with Crippen LogP contribution in [0.4, 0.5) is 0 Å². The summed E-state index contributed by atoms with van der Waals surface area (Å²) in [5.41, 5.74) is -0.524. The van der Waals surface area contributed by atoms with Crippen LogP contribution in [0.2, 0.25) is 0 Å². The molecule has 0 bridgehead atoms. The molecule has 1 saturated heterocycles. The summed E-state index contributed by atoms with van der Waals surface area (Å²) in [5, 5.41) is 10.8. The number of amides is 1. The van der Waals surface area contributed by atoms with Gasteiger partial charge in [-0.3, -0.25) is 4.79 Å². The Balaban J connectivity index is 2.04. The first kappa shape index (κ1) is 11.9. The van der Waals surface area contributed by atoms with E-state index in [-0.39, 0.29) is 12.4 Å². The second-order valence-corrected chi connectivity index (χ2v) is 7.08. The predicted molar refractivity (Wildman–Crippen MR) is 58.6 cm³/mol. The molecule has 1 aliphatic heterocycles. The fourth-order valence-electron chi connectivity index (χ4n) is 2.06. The lowest BCUT2D eigenvalue weighted by Gasteiger charge is -2.24. The Morgan fingerprint density at radius 2 is 2.06 bits per heavy atom. The summed E-state index contributed by atoms with van der Waals surface area (Å²) in [6.45, 7) is -0.106. The van der Waals surface area contributed by atoms with Gasteiger partial charge in [-0.25, -0.2) is 8.42 Å². The van der Waals surface area contributed by atoms with Crippen molar-refractivity contribution >= 4 is 15.7 Å². The average Bonchev–Trinajstić information content (AvgIpc) is 2.97. The van der Waals surface area contributed by atoms with Crippen LogP contribution < -0.4 is 5.32 Å². The highest BCUT2D eigenvalue weighted by atomic mass is 32.2. The van der Waals surface area contributed by atoms with Gasteiger partial charge in [-0.1, -0.05) is 6.42 Å². The highest BCUT2D eigenvalue weighted by Gasteiger charge is 2.46. The van der Waals surface area contributed by atoms with E-state index in [9.17, 15) is 13.2 Å². The van der Waals surface area contributed by atoms with Gasteiger partial charge in [-0.15, -0.1) is 0 Å². The van der Waals surface area contributed by atoms with Crippen LogP contribution in [-0.4, -0.2) is 42.6 Å². The molecular formula is C10H17NO4S. The van der Waals surface area contributed by atoms with E-state index in [1.807, 2.05) is 0 Å². The molecule has 1 atom stereocenters. The van der Waals surface area contributed by atoms with Gasteiger partial charge in [0.25, 0.3) is 0 Å². The smallest absolute Gasteiger partial charge is 0.238 e. The first-order valence-corrected chi connectivity index (χ1v) is 7.35. The molecular weight excluding hydrogens is 230 g/mol. The third-order valence-electron chi connectivity index (χ3n) is 3.42. The lowest BCUT2D eigenvalue weighted by molar-refractivity contribution is -0.122. The van der Waals surface area contributed by atoms with Crippen LogP contribution in [0.25, 0.3) is 0 Å². The molecule has 1 amide bonds. The fraction of sp³-hybridized carbons (Fsp3) is 0.900. The summed E-state index contributed by atoms with van der Waals surface area (Å²) < 4.78 is 23.4. The standard InChI is InChI=1S/C10H17NO4S/c12-7-10(4-5-10)11-9(13)8-3-1-2-6-16(8,14)15/h8,12H,1-7H2,(H,11,13). The Bertz CT molecular complexity index is 386. The fourth-order valence-corrected chi connectivity index (χ4v) is 3.87. The Labute approximate surface area is 95.1 Å². The maximum Gasteiger partial charge on any atom is 0.238 e. The van der Waals surface area contributed by atoms with Gasteiger partial charge < -0.3 is 10.4 Å². The van der Waals surface area contributed by atoms with Crippen molar-refractivity contribution in [1.82, 2.24) is 5.32 Å². The third kappa shape index (κ3) is 2.22. The quantitative estimate of drug-likeness (QED) is 0.710. The zero-order valence-electron chi connectivity index (χ0n) is 9.11. The molecule has 2 fully saturated rings. The van der Waals surface area contributed by atoms with Gasteiger partial charge in [0, 0.05) is 0 Å². The van der Waals surface area contributed by atoms with E-state index in [4.69, 9.17) is 5.11 Å². The van der Waals surface area contributed by atoms with Crippen molar-refractivity contribution in [3.05, 3.63) is 0 Å². The van der Waals surface area contributed by atoms with Gasteiger partial charge in [0.2, 0.25) is 5.91 Å². The van der Waals surface area contributed by atoms with E-state index in [1.54, 1.807) is 0 Å². The number of nitrogens with one attached hydrogen (secondary N) is 1. The van der Waals surface area contributed by atoms with E-state index < -0.39 is 26.5 Å². The molecule has 2 aliphatic rings. The van der Waals surface area contributed by atoms with Gasteiger partial charge >= 0.3 is 0 Å². The van der Waals surface area contributed by atoms with E-state index in [0.29, 0.717) is 12.8 Å². The second kappa shape index (κ2) is 4.00. The maximum atomic E-state index is 11.8. The highest BCUT2D eigenvalue weighted by Crippen LogP contribution is 2.35. The number of aliphatic hydroxyl groups is 1. The maximum absolute atomic E-state index is 11.8. The molecule has 1 unspecified atom stereocenters. The molecule has 1 saturated carbocycles. The molecule has 0 radical (unpaired) electrons. The van der Waals surface area contributed by atoms with Crippen molar-refractivity contribution < 1.29 is 18.3 Å². The van der Waals surface area contributed by atoms with Crippen LogP contribution in [-0.2, 0) is 14.6 Å². The Hall–Kier alpha value is -0.620. The molecule has 0 spiro atoms. The van der Waals surface area contributed by atoms with Gasteiger partial charge in [0.05, 0.1) is 17.9 Å². The largest absolute Gasteiger partial charge is 0.394 e. The minimum absolute atomic E-state index is 0.106. The summed E-state index contributed by atoms with van der Waals surface area (Å²) in [7, 11) is -3.27. The molecule has 1 aliphatic carbocycles. The Morgan fingerprint density at radius 1 is 1.38 bits per heavy atom. The summed E-state index contributed by atoms with van der Waals surface area (Å²) in [6, 6.07) is 0. The zero-order valence-corrected chi connectivity index (χ0v) is 9.92. The highest BCUT2D eigenvalue weighted by molar-refractivity contribution is 7.92. The van der Waals surface area contributed by atoms with Crippen molar-refractivity contribution in [1.29, 1.82) is 0 Å². The molecule has 6 heteroatoms. The van der Waals surface area contributed by atoms with Crippen molar-refractivity contribution in [2.45, 2.75) is 42.9 Å². The summed E-state index contributed by atoms with van der Waals surface area (Å²) >= 11 is 0. The van der Waals surface area contributed by atoms with Crippen molar-refractivity contribution in [3.8, 4) is 0 Å². The molecule has 2 rings (SSSR count). The van der Waals surface area contributed by atoms with Crippen molar-refractivity contribution in [2.75, 3.05) is 12.4 Å². The summed E-state index contributed by atoms with van der Waals surface area (Å²) in [5.74, 6) is -0.316. The summed E-state index contributed by atoms with van der Waals surface area (Å²) in [6.07, 6.45) is 3.32. The monoisotopic (exact) mass is 247 g/mol. The molecule has 16 heavy (non-hydrogen) atoms. The van der Waals surface area contributed by atoms with E-state index in [1.165, 1.54) is 0 Å². The first-order valence-electron chi connectivity index (χ1n) is 5.64. The molecule has 2 N–H and O–H groups in total. The van der Waals surface area contributed by atoms with Crippen LogP contribution in [0.15, 0.2) is 0 Å². The van der Waals surface area contributed by atoms with Crippen molar-refractivity contribution in [2.24, 2.45) is 0 Å². The normalized spacial score (nSPS) is 30.7. The van der Waals surface area contributed by atoms with Crippen LogP contribution in [0.5, 0.6) is 0 Å². The topological polar surface area (TPSA) is 83.5 Å². The second-order valence-electron chi connectivity index (χ2n) is 4.78. The van der Waals surface area contributed by atoms with Crippen LogP contribution in [0.3, 0.4) is 0 Å². The Kier molecular flexibility index (Phi) is 2.96. The Morgan fingerprint density at radius 3 is 2.56 bits per heavy atom. The van der Waals surface area contributed by atoms with Crippen molar-refractivity contribution in [3.63, 3.8) is 0 Å². The number of carbonyl (C=O) groups is 1. The molecule has 0 aromatic carbocycles. The molecule has 92 valence electrons. The first-order chi connectivity index (χ1) is 7.49. The SMILES string of the molecule is O=C(NC1(CO)CC1)C1CCCCS1(=O)=O. The van der Waals surface area contributed by atoms with E-state index in [2.05, 4.69) is 5.32 Å². The molecule has 0 aromatic rings. The molecule has 1 heterocycles. The number of hydrogen-bond donors (Lipinski definition) is 2. The lowest BCUT2D eigenvalue weighted by Crippen LogP contribution is -2.49. The minimum atomic E-state index is -3.27. The number of aliphatic hydroxyl groups excluding tert-OH is 1. The van der Waals surface area contributed by atoms with Crippen LogP contribution in [0, 0.1) is 0 Å². The summed E-state index contributed by atoms with van der Waals surface area (Å²) in [4.78, 5) is 11.8. The predicted octanol–water partition coefficient (Wildman–Crippen LogP) is -0.405. The van der Waals surface area contributed by atoms with E-state index in [0.717, 1.165) is 19.3 Å². The van der Waals surface area contributed by atoms with Gasteiger partial charge in [0.1, 0.15) is 5.25 Å². The number of hydrogen-bond acceptors (Lipinski definition) is 4. The average molecular weight is 247 g/mol. The third-order valence-corrected chi connectivity index (χ3v) is 5.59. The molecule has 5 nitrogen and oxygen atoms in total. The number of sulfone groups is 1. The number of rotatable bonds is 3. The van der Waals surface area contributed by atoms with Gasteiger partial charge in [0.15, 0.2) is 9.84 Å². The van der Waals surface area contributed by atoms with Gasteiger partial charge in [-0.2, -0.15) is 0 Å². The van der Waals surface area contributed by atoms with Crippen LogP contribution >= 0.6 is 0 Å². The lowest BCUT2D eigenvalue weighted by atomic mass is 10.1. The van der Waals surface area contributed by atoms with E-state index >= 15 is 0 Å². The zero-order chi connectivity index (χ0) is 11.8. The number of carbonyl (C=O) groups excluding carboxylic acids is 1.